The molecule has 0 saturated heterocycles. The van der Waals surface area contributed by atoms with Crippen molar-refractivity contribution in [3.63, 3.8) is 0 Å². The van der Waals surface area contributed by atoms with E-state index in [1.165, 1.54) is 6.39 Å². The average molecular weight is 250 g/mol. The molecule has 4 aromatic rings. The van der Waals surface area contributed by atoms with Crippen molar-refractivity contribution in [1.29, 1.82) is 0 Å². The van der Waals surface area contributed by atoms with Gasteiger partial charge in [-0.2, -0.15) is 0 Å². The Kier molecular flexibility index (Phi) is 1.97. The smallest absolute Gasteiger partial charge is 0.182 e. The normalized spacial score (nSPS) is 11.4. The fraction of sp³-hybridized carbons (Fsp3) is 0.0714. The Morgan fingerprint density at radius 1 is 1.11 bits per heavy atom. The van der Waals surface area contributed by atoms with E-state index in [1.54, 1.807) is 0 Å². The van der Waals surface area contributed by atoms with Gasteiger partial charge in [0.2, 0.25) is 0 Å². The second kappa shape index (κ2) is 3.65. The number of aromatic amines is 1. The van der Waals surface area contributed by atoms with E-state index in [0.717, 1.165) is 39.3 Å². The number of fused-ring (bicyclic) bond motifs is 2. The van der Waals surface area contributed by atoms with Gasteiger partial charge in [0.25, 0.3) is 0 Å². The zero-order valence-electron chi connectivity index (χ0n) is 10.2. The van der Waals surface area contributed by atoms with Gasteiger partial charge >= 0.3 is 0 Å². The molecule has 0 saturated carbocycles. The number of rotatable bonds is 1. The van der Waals surface area contributed by atoms with Crippen LogP contribution in [0.3, 0.4) is 0 Å². The molecular weight excluding hydrogens is 240 g/mol. The standard InChI is InChI=1S/C14H10N4O/c1-8-16-11-6-5-10(18-14(11)17-8)9-3-2-4-12-13(9)15-7-19-12/h2-7H,1H3,(H,16,17,18). The second-order valence-electron chi connectivity index (χ2n) is 4.39. The molecule has 0 aliphatic carbocycles. The van der Waals surface area contributed by atoms with Gasteiger partial charge in [-0.05, 0) is 25.1 Å². The lowest BCUT2D eigenvalue weighted by Gasteiger charge is -2.00. The van der Waals surface area contributed by atoms with E-state index < -0.39 is 0 Å². The highest BCUT2D eigenvalue weighted by atomic mass is 16.3. The van der Waals surface area contributed by atoms with Gasteiger partial charge in [-0.1, -0.05) is 12.1 Å². The SMILES string of the molecule is Cc1nc2nc(-c3cccc4ocnc34)ccc2[nH]1. The van der Waals surface area contributed by atoms with Gasteiger partial charge in [-0.15, -0.1) is 0 Å². The Morgan fingerprint density at radius 3 is 3.00 bits per heavy atom. The Hall–Kier alpha value is -2.69. The van der Waals surface area contributed by atoms with Crippen molar-refractivity contribution < 1.29 is 4.42 Å². The number of nitrogens with one attached hydrogen (secondary N) is 1. The second-order valence-corrected chi connectivity index (χ2v) is 4.39. The van der Waals surface area contributed by atoms with Crippen molar-refractivity contribution in [3.05, 3.63) is 42.5 Å². The minimum absolute atomic E-state index is 0.718. The Bertz CT molecular complexity index is 891. The fourth-order valence-electron chi connectivity index (χ4n) is 2.26. The molecule has 1 N–H and O–H groups in total. The lowest BCUT2D eigenvalue weighted by molar-refractivity contribution is 0.602. The summed E-state index contributed by atoms with van der Waals surface area (Å²) in [4.78, 5) is 16.3. The van der Waals surface area contributed by atoms with Crippen LogP contribution < -0.4 is 0 Å². The number of pyridine rings is 1. The van der Waals surface area contributed by atoms with Crippen molar-refractivity contribution in [2.75, 3.05) is 0 Å². The number of benzene rings is 1. The molecule has 0 spiro atoms. The van der Waals surface area contributed by atoms with E-state index in [2.05, 4.69) is 19.9 Å². The van der Waals surface area contributed by atoms with Crippen molar-refractivity contribution in [1.82, 2.24) is 19.9 Å². The van der Waals surface area contributed by atoms with Crippen molar-refractivity contribution in [2.45, 2.75) is 6.92 Å². The number of aryl methyl sites for hydroxylation is 1. The minimum Gasteiger partial charge on any atom is -0.443 e. The first kappa shape index (κ1) is 10.3. The maximum absolute atomic E-state index is 5.31. The molecular formula is C14H10N4O. The summed E-state index contributed by atoms with van der Waals surface area (Å²) >= 11 is 0. The van der Waals surface area contributed by atoms with Gasteiger partial charge in [0, 0.05) is 5.56 Å². The predicted molar refractivity (Wildman–Crippen MR) is 71.6 cm³/mol. The van der Waals surface area contributed by atoms with Crippen LogP contribution in [0.2, 0.25) is 0 Å². The molecule has 1 aromatic carbocycles. The van der Waals surface area contributed by atoms with Crippen LogP contribution in [-0.2, 0) is 0 Å². The summed E-state index contributed by atoms with van der Waals surface area (Å²) in [7, 11) is 0. The van der Waals surface area contributed by atoms with E-state index in [0.29, 0.717) is 0 Å². The Labute approximate surface area is 108 Å². The van der Waals surface area contributed by atoms with Gasteiger partial charge < -0.3 is 9.40 Å². The fourth-order valence-corrected chi connectivity index (χ4v) is 2.26. The average Bonchev–Trinajstić information content (AvgIpc) is 3.01. The van der Waals surface area contributed by atoms with E-state index in [9.17, 15) is 0 Å². The van der Waals surface area contributed by atoms with Crippen LogP contribution >= 0.6 is 0 Å². The zero-order chi connectivity index (χ0) is 12.8. The molecule has 0 amide bonds. The Morgan fingerprint density at radius 2 is 2.05 bits per heavy atom. The molecule has 0 fully saturated rings. The van der Waals surface area contributed by atoms with Crippen molar-refractivity contribution in [2.24, 2.45) is 0 Å². The molecule has 0 aliphatic heterocycles. The largest absolute Gasteiger partial charge is 0.443 e. The zero-order valence-corrected chi connectivity index (χ0v) is 10.2. The minimum atomic E-state index is 0.718. The number of aromatic nitrogens is 4. The van der Waals surface area contributed by atoms with Gasteiger partial charge in [-0.3, -0.25) is 0 Å². The number of oxazole rings is 1. The van der Waals surface area contributed by atoms with Gasteiger partial charge in [-0.25, -0.2) is 15.0 Å². The maximum atomic E-state index is 5.31. The maximum Gasteiger partial charge on any atom is 0.182 e. The summed E-state index contributed by atoms with van der Waals surface area (Å²) in [5.74, 6) is 0.860. The summed E-state index contributed by atoms with van der Waals surface area (Å²) in [5.41, 5.74) is 5.04. The van der Waals surface area contributed by atoms with Gasteiger partial charge in [0.05, 0.1) is 11.2 Å². The third-order valence-corrected chi connectivity index (χ3v) is 3.10. The van der Waals surface area contributed by atoms with Crippen LogP contribution in [0.25, 0.3) is 33.5 Å². The molecule has 92 valence electrons. The lowest BCUT2D eigenvalue weighted by atomic mass is 10.1. The summed E-state index contributed by atoms with van der Waals surface area (Å²) in [6.07, 6.45) is 1.45. The first-order valence-electron chi connectivity index (χ1n) is 5.97. The number of hydrogen-bond donors (Lipinski definition) is 1. The number of para-hydroxylation sites is 1. The molecule has 0 radical (unpaired) electrons. The van der Waals surface area contributed by atoms with Crippen LogP contribution in [0.15, 0.2) is 41.1 Å². The molecule has 3 aromatic heterocycles. The van der Waals surface area contributed by atoms with Crippen LogP contribution in [-0.4, -0.2) is 19.9 Å². The topological polar surface area (TPSA) is 67.6 Å². The summed E-state index contributed by atoms with van der Waals surface area (Å²) in [6, 6.07) is 9.76. The van der Waals surface area contributed by atoms with Crippen LogP contribution in [0.5, 0.6) is 0 Å². The third kappa shape index (κ3) is 1.52. The highest BCUT2D eigenvalue weighted by Gasteiger charge is 2.10. The molecule has 5 heteroatoms. The molecule has 0 bridgehead atoms. The van der Waals surface area contributed by atoms with Crippen molar-refractivity contribution >= 4 is 22.3 Å². The van der Waals surface area contributed by atoms with E-state index in [1.807, 2.05) is 37.3 Å². The first-order chi connectivity index (χ1) is 9.31. The predicted octanol–water partition coefficient (Wildman–Crippen LogP) is 3.07. The molecule has 19 heavy (non-hydrogen) atoms. The summed E-state index contributed by atoms with van der Waals surface area (Å²) < 4.78 is 5.31. The number of H-pyrrole nitrogens is 1. The highest BCUT2D eigenvalue weighted by Crippen LogP contribution is 2.27. The highest BCUT2D eigenvalue weighted by molar-refractivity contribution is 5.90. The molecule has 0 unspecified atom stereocenters. The molecule has 5 nitrogen and oxygen atoms in total. The Balaban J connectivity index is 2.00. The lowest BCUT2D eigenvalue weighted by Crippen LogP contribution is -1.86. The summed E-state index contributed by atoms with van der Waals surface area (Å²) in [5, 5.41) is 0. The van der Waals surface area contributed by atoms with Crippen LogP contribution in [0.4, 0.5) is 0 Å². The van der Waals surface area contributed by atoms with E-state index >= 15 is 0 Å². The molecule has 0 atom stereocenters. The first-order valence-corrected chi connectivity index (χ1v) is 5.97. The van der Waals surface area contributed by atoms with Gasteiger partial charge in [0.1, 0.15) is 11.3 Å². The third-order valence-electron chi connectivity index (χ3n) is 3.10. The quantitative estimate of drug-likeness (QED) is 0.563. The van der Waals surface area contributed by atoms with Gasteiger partial charge in [0.15, 0.2) is 17.6 Å². The monoisotopic (exact) mass is 250 g/mol. The van der Waals surface area contributed by atoms with Crippen molar-refractivity contribution in [3.8, 4) is 11.3 Å². The summed E-state index contributed by atoms with van der Waals surface area (Å²) in [6.45, 7) is 1.92. The number of hydrogen-bond acceptors (Lipinski definition) is 4. The number of imidazole rings is 1. The molecule has 4 rings (SSSR count). The van der Waals surface area contributed by atoms with Crippen LogP contribution in [0.1, 0.15) is 5.82 Å². The molecule has 3 heterocycles. The molecule has 0 aliphatic rings. The number of nitrogens with zero attached hydrogens (tertiary/aromatic N) is 3. The van der Waals surface area contributed by atoms with E-state index in [4.69, 9.17) is 4.42 Å². The van der Waals surface area contributed by atoms with Crippen LogP contribution in [0, 0.1) is 6.92 Å². The van der Waals surface area contributed by atoms with E-state index in [-0.39, 0.29) is 0 Å².